The summed E-state index contributed by atoms with van der Waals surface area (Å²) in [4.78, 5) is 14.0. The lowest BCUT2D eigenvalue weighted by Gasteiger charge is -2.39. The van der Waals surface area contributed by atoms with Gasteiger partial charge in [0.25, 0.3) is 0 Å². The highest BCUT2D eigenvalue weighted by Crippen LogP contribution is 2.27. The lowest BCUT2D eigenvalue weighted by molar-refractivity contribution is 0.112. The molecule has 1 atom stereocenters. The van der Waals surface area contributed by atoms with Crippen LogP contribution >= 0.6 is 0 Å². The number of aromatic nitrogens is 2. The molecule has 21 heavy (non-hydrogen) atoms. The normalized spacial score (nSPS) is 26.1. The smallest absolute Gasteiger partial charge is 0.125 e. The van der Waals surface area contributed by atoms with Crippen molar-refractivity contribution >= 4 is 0 Å². The maximum absolute atomic E-state index is 4.61. The van der Waals surface area contributed by atoms with Crippen LogP contribution < -0.4 is 0 Å². The van der Waals surface area contributed by atoms with Gasteiger partial charge in [0.05, 0.1) is 0 Å². The molecular formula is C17H28N4. The van der Waals surface area contributed by atoms with Crippen LogP contribution in [0.15, 0.2) is 12.3 Å². The zero-order chi connectivity index (χ0) is 14.7. The predicted octanol–water partition coefficient (Wildman–Crippen LogP) is 2.45. The molecule has 0 radical (unpaired) electrons. The third kappa shape index (κ3) is 3.80. The molecule has 3 heterocycles. The quantitative estimate of drug-likeness (QED) is 0.855. The fraction of sp³-hybridized carbons (Fsp3) is 0.765. The first-order valence-electron chi connectivity index (χ1n) is 8.44. The van der Waals surface area contributed by atoms with Crippen LogP contribution in [0, 0.1) is 6.92 Å². The number of rotatable bonds is 3. The average molecular weight is 288 g/mol. The van der Waals surface area contributed by atoms with Crippen molar-refractivity contribution in [2.45, 2.75) is 51.0 Å². The van der Waals surface area contributed by atoms with Crippen LogP contribution in [0.4, 0.5) is 0 Å². The van der Waals surface area contributed by atoms with Crippen molar-refractivity contribution < 1.29 is 0 Å². The largest absolute Gasteiger partial charge is 0.302 e. The molecule has 2 aliphatic rings. The number of hydrogen-bond acceptors (Lipinski definition) is 4. The Bertz CT molecular complexity index is 454. The van der Waals surface area contributed by atoms with Gasteiger partial charge in [-0.1, -0.05) is 6.42 Å². The van der Waals surface area contributed by atoms with Gasteiger partial charge < -0.3 is 9.80 Å². The van der Waals surface area contributed by atoms with Crippen molar-refractivity contribution in [2.24, 2.45) is 0 Å². The third-order valence-corrected chi connectivity index (χ3v) is 5.19. The minimum atomic E-state index is 0.632. The van der Waals surface area contributed by atoms with E-state index in [1.54, 1.807) is 0 Å². The van der Waals surface area contributed by atoms with Crippen LogP contribution in [0.5, 0.6) is 0 Å². The molecule has 4 heteroatoms. The van der Waals surface area contributed by atoms with Crippen LogP contribution in [-0.2, 0) is 0 Å². The molecule has 0 aromatic carbocycles. The van der Waals surface area contributed by atoms with Gasteiger partial charge in [-0.15, -0.1) is 0 Å². The summed E-state index contributed by atoms with van der Waals surface area (Å²) < 4.78 is 0. The first-order valence-corrected chi connectivity index (χ1v) is 8.44. The topological polar surface area (TPSA) is 32.3 Å². The van der Waals surface area contributed by atoms with Crippen molar-refractivity contribution in [1.29, 1.82) is 0 Å². The molecule has 1 unspecified atom stereocenters. The second-order valence-electron chi connectivity index (χ2n) is 6.73. The van der Waals surface area contributed by atoms with Gasteiger partial charge in [0.2, 0.25) is 0 Å². The molecule has 0 spiro atoms. The molecule has 0 aliphatic carbocycles. The Morgan fingerprint density at radius 1 is 1.14 bits per heavy atom. The molecule has 0 amide bonds. The number of aryl methyl sites for hydroxylation is 1. The summed E-state index contributed by atoms with van der Waals surface area (Å²) >= 11 is 0. The molecule has 116 valence electrons. The molecule has 4 nitrogen and oxygen atoms in total. The Kier molecular flexibility index (Phi) is 4.86. The summed E-state index contributed by atoms with van der Waals surface area (Å²) in [6, 6.07) is 2.87. The number of likely N-dealkylation sites (tertiary alicyclic amines) is 2. The van der Waals surface area contributed by atoms with Crippen LogP contribution in [0.3, 0.4) is 0 Å². The van der Waals surface area contributed by atoms with E-state index >= 15 is 0 Å². The van der Waals surface area contributed by atoms with E-state index in [1.807, 2.05) is 13.1 Å². The minimum absolute atomic E-state index is 0.632. The van der Waals surface area contributed by atoms with Gasteiger partial charge in [-0.25, -0.2) is 9.97 Å². The lowest BCUT2D eigenvalue weighted by Crippen LogP contribution is -2.46. The summed E-state index contributed by atoms with van der Waals surface area (Å²) in [6.07, 6.45) is 8.55. The van der Waals surface area contributed by atoms with Gasteiger partial charge in [0, 0.05) is 30.4 Å². The Labute approximate surface area is 128 Å². The second-order valence-corrected chi connectivity index (χ2v) is 6.73. The van der Waals surface area contributed by atoms with Gasteiger partial charge in [-0.05, 0) is 65.4 Å². The van der Waals surface area contributed by atoms with E-state index in [0.717, 1.165) is 11.9 Å². The maximum Gasteiger partial charge on any atom is 0.125 e. The van der Waals surface area contributed by atoms with Gasteiger partial charge in [-0.2, -0.15) is 0 Å². The van der Waals surface area contributed by atoms with Crippen molar-refractivity contribution in [2.75, 3.05) is 33.2 Å². The molecular weight excluding hydrogens is 260 g/mol. The summed E-state index contributed by atoms with van der Waals surface area (Å²) in [6.45, 7) is 6.96. The van der Waals surface area contributed by atoms with Gasteiger partial charge in [-0.3, -0.25) is 0 Å². The van der Waals surface area contributed by atoms with Gasteiger partial charge >= 0.3 is 0 Å². The first kappa shape index (κ1) is 14.9. The Balaban J connectivity index is 1.51. The number of hydrogen-bond donors (Lipinski definition) is 0. The second kappa shape index (κ2) is 6.84. The van der Waals surface area contributed by atoms with E-state index in [4.69, 9.17) is 0 Å². The molecule has 0 saturated carbocycles. The maximum atomic E-state index is 4.61. The third-order valence-electron chi connectivity index (χ3n) is 5.19. The highest BCUT2D eigenvalue weighted by Gasteiger charge is 2.26. The zero-order valence-electron chi connectivity index (χ0n) is 13.5. The molecule has 1 aromatic heterocycles. The van der Waals surface area contributed by atoms with E-state index in [0.29, 0.717) is 5.92 Å². The monoisotopic (exact) mass is 288 g/mol. The van der Waals surface area contributed by atoms with E-state index in [9.17, 15) is 0 Å². The van der Waals surface area contributed by atoms with Crippen molar-refractivity contribution in [3.05, 3.63) is 23.8 Å². The van der Waals surface area contributed by atoms with E-state index < -0.39 is 0 Å². The standard InChI is InChI=1S/C17H28N4/c1-14-18-9-6-17(19-14)15-7-11-21(12-8-15)13-16-5-3-4-10-20(16)2/h6,9,15-16H,3-5,7-8,10-13H2,1-2H3. The van der Waals surface area contributed by atoms with E-state index in [1.165, 1.54) is 64.0 Å². The average Bonchev–Trinajstić information content (AvgIpc) is 2.50. The highest BCUT2D eigenvalue weighted by atomic mass is 15.2. The Morgan fingerprint density at radius 3 is 2.67 bits per heavy atom. The van der Waals surface area contributed by atoms with E-state index in [2.05, 4.69) is 32.9 Å². The predicted molar refractivity (Wildman–Crippen MR) is 85.5 cm³/mol. The summed E-state index contributed by atoms with van der Waals surface area (Å²) in [5.74, 6) is 1.53. The molecule has 3 rings (SSSR count). The number of piperidine rings is 2. The molecule has 2 fully saturated rings. The van der Waals surface area contributed by atoms with Gasteiger partial charge in [0.1, 0.15) is 5.82 Å². The number of likely N-dealkylation sites (N-methyl/N-ethyl adjacent to an activating group) is 1. The van der Waals surface area contributed by atoms with Crippen molar-refractivity contribution in [3.8, 4) is 0 Å². The Hall–Kier alpha value is -1.00. The van der Waals surface area contributed by atoms with Gasteiger partial charge in [0.15, 0.2) is 0 Å². The summed E-state index contributed by atoms with van der Waals surface area (Å²) in [7, 11) is 2.29. The summed E-state index contributed by atoms with van der Waals surface area (Å²) in [5, 5.41) is 0. The van der Waals surface area contributed by atoms with Crippen LogP contribution in [0.2, 0.25) is 0 Å². The lowest BCUT2D eigenvalue weighted by atomic mass is 9.92. The molecule has 0 N–H and O–H groups in total. The fourth-order valence-corrected chi connectivity index (χ4v) is 3.79. The SMILES string of the molecule is Cc1nccc(C2CCN(CC3CCCCN3C)CC2)n1. The highest BCUT2D eigenvalue weighted by molar-refractivity contribution is 5.09. The molecule has 2 saturated heterocycles. The van der Waals surface area contributed by atoms with Crippen molar-refractivity contribution in [1.82, 2.24) is 19.8 Å². The molecule has 1 aromatic rings. The van der Waals surface area contributed by atoms with Crippen LogP contribution in [0.1, 0.15) is 49.5 Å². The fourth-order valence-electron chi connectivity index (χ4n) is 3.79. The minimum Gasteiger partial charge on any atom is -0.302 e. The van der Waals surface area contributed by atoms with Crippen LogP contribution in [0.25, 0.3) is 0 Å². The first-order chi connectivity index (χ1) is 10.2. The van der Waals surface area contributed by atoms with Crippen molar-refractivity contribution in [3.63, 3.8) is 0 Å². The molecule has 2 aliphatic heterocycles. The zero-order valence-corrected chi connectivity index (χ0v) is 13.5. The summed E-state index contributed by atoms with van der Waals surface area (Å²) in [5.41, 5.74) is 1.25. The number of nitrogens with zero attached hydrogens (tertiary/aromatic N) is 4. The van der Waals surface area contributed by atoms with E-state index in [-0.39, 0.29) is 0 Å². The van der Waals surface area contributed by atoms with Crippen LogP contribution in [-0.4, -0.2) is 59.0 Å². The molecule has 0 bridgehead atoms. The Morgan fingerprint density at radius 2 is 1.95 bits per heavy atom.